The van der Waals surface area contributed by atoms with E-state index in [-0.39, 0.29) is 17.7 Å². The zero-order chi connectivity index (χ0) is 22.1. The van der Waals surface area contributed by atoms with Crippen LogP contribution in [0.3, 0.4) is 0 Å². The average Bonchev–Trinajstić information content (AvgIpc) is 3.32. The Morgan fingerprint density at radius 1 is 1.16 bits per heavy atom. The second kappa shape index (κ2) is 8.39. The highest BCUT2D eigenvalue weighted by molar-refractivity contribution is 5.89. The van der Waals surface area contributed by atoms with Crippen molar-refractivity contribution in [3.63, 3.8) is 0 Å². The van der Waals surface area contributed by atoms with Crippen LogP contribution in [0.15, 0.2) is 42.5 Å². The van der Waals surface area contributed by atoms with E-state index in [1.807, 2.05) is 37.4 Å². The van der Waals surface area contributed by atoms with E-state index in [1.54, 1.807) is 11.5 Å². The highest BCUT2D eigenvalue weighted by atomic mass is 16.2. The van der Waals surface area contributed by atoms with Crippen LogP contribution in [0.4, 0.5) is 5.95 Å². The van der Waals surface area contributed by atoms with Gasteiger partial charge in [0.05, 0.1) is 17.1 Å². The summed E-state index contributed by atoms with van der Waals surface area (Å²) >= 11 is 0. The maximum absolute atomic E-state index is 12.6. The number of nitrogens with one attached hydrogen (secondary N) is 2. The molecule has 31 heavy (non-hydrogen) atoms. The predicted molar refractivity (Wildman–Crippen MR) is 120 cm³/mol. The zero-order valence-corrected chi connectivity index (χ0v) is 17.8. The normalized spacial score (nSPS) is 15.5. The van der Waals surface area contributed by atoms with Gasteiger partial charge in [0, 0.05) is 13.6 Å². The van der Waals surface area contributed by atoms with E-state index in [0.717, 1.165) is 29.4 Å². The monoisotopic (exact) mass is 420 g/mol. The number of benzene rings is 2. The van der Waals surface area contributed by atoms with Gasteiger partial charge in [-0.3, -0.25) is 9.59 Å². The number of aromatic nitrogens is 2. The third-order valence-electron chi connectivity index (χ3n) is 6.09. The maximum Gasteiger partial charge on any atom is 0.242 e. The van der Waals surface area contributed by atoms with Crippen molar-refractivity contribution in [2.45, 2.75) is 38.4 Å². The minimum absolute atomic E-state index is 0.0470. The fourth-order valence-electron chi connectivity index (χ4n) is 4.14. The second-order valence-corrected chi connectivity index (χ2v) is 8.26. The van der Waals surface area contributed by atoms with E-state index in [1.165, 1.54) is 11.1 Å². The van der Waals surface area contributed by atoms with Gasteiger partial charge in [0.1, 0.15) is 6.04 Å². The van der Waals surface area contributed by atoms with Crippen LogP contribution in [0.1, 0.15) is 23.6 Å². The molecule has 2 amide bonds. The molecule has 4 rings (SSSR count). The summed E-state index contributed by atoms with van der Waals surface area (Å²) in [7, 11) is 1.84. The van der Waals surface area contributed by atoms with Gasteiger partial charge in [-0.1, -0.05) is 30.3 Å². The Morgan fingerprint density at radius 2 is 1.84 bits per heavy atom. The first-order valence-corrected chi connectivity index (χ1v) is 10.4. The number of hydrogen-bond acceptors (Lipinski definition) is 5. The topological polar surface area (TPSA) is 128 Å². The van der Waals surface area contributed by atoms with Crippen LogP contribution in [0.5, 0.6) is 0 Å². The van der Waals surface area contributed by atoms with Gasteiger partial charge in [-0.05, 0) is 54.5 Å². The largest absolute Gasteiger partial charge is 0.369 e. The molecule has 1 aromatic heterocycles. The number of rotatable bonds is 6. The first-order chi connectivity index (χ1) is 14.8. The molecule has 162 valence electrons. The number of hydrogen-bond donors (Lipinski definition) is 4. The quantitative estimate of drug-likeness (QED) is 0.473. The van der Waals surface area contributed by atoms with Crippen molar-refractivity contribution in [3.05, 3.63) is 59.2 Å². The lowest BCUT2D eigenvalue weighted by Gasteiger charge is -2.21. The molecule has 1 aliphatic carbocycles. The molecule has 0 spiro atoms. The number of anilines is 1. The molecule has 2 atom stereocenters. The van der Waals surface area contributed by atoms with E-state index < -0.39 is 12.1 Å². The summed E-state index contributed by atoms with van der Waals surface area (Å²) < 4.78 is 1.80. The van der Waals surface area contributed by atoms with Gasteiger partial charge in [0.2, 0.25) is 17.8 Å². The number of carbonyl (C=O) groups excluding carboxylic acids is 2. The molecule has 0 aliphatic heterocycles. The van der Waals surface area contributed by atoms with Crippen LogP contribution in [0.25, 0.3) is 11.0 Å². The molecule has 1 aliphatic rings. The minimum Gasteiger partial charge on any atom is -0.369 e. The number of aryl methyl sites for hydroxylation is 1. The molecule has 0 bridgehead atoms. The van der Waals surface area contributed by atoms with Crippen LogP contribution in [-0.4, -0.2) is 33.4 Å². The Labute approximate surface area is 181 Å². The fourth-order valence-corrected chi connectivity index (χ4v) is 4.14. The van der Waals surface area contributed by atoms with Crippen LogP contribution >= 0.6 is 0 Å². The summed E-state index contributed by atoms with van der Waals surface area (Å²) in [5, 5.41) is 5.62. The molecule has 1 heterocycles. The maximum atomic E-state index is 12.6. The number of carbonyl (C=O) groups is 2. The smallest absolute Gasteiger partial charge is 0.242 e. The number of amides is 2. The van der Waals surface area contributed by atoms with Gasteiger partial charge in [-0.2, -0.15) is 0 Å². The molecular weight excluding hydrogens is 392 g/mol. The van der Waals surface area contributed by atoms with Gasteiger partial charge in [0.25, 0.3) is 0 Å². The molecule has 2 aromatic carbocycles. The highest BCUT2D eigenvalue weighted by Gasteiger charge is 2.31. The number of fused-ring (bicyclic) bond motifs is 2. The van der Waals surface area contributed by atoms with Crippen LogP contribution < -0.4 is 22.1 Å². The lowest BCUT2D eigenvalue weighted by Crippen LogP contribution is -2.52. The van der Waals surface area contributed by atoms with Crippen LogP contribution in [-0.2, 0) is 36.0 Å². The van der Waals surface area contributed by atoms with Crippen molar-refractivity contribution >= 4 is 28.8 Å². The summed E-state index contributed by atoms with van der Waals surface area (Å²) in [6, 6.07) is 12.5. The van der Waals surface area contributed by atoms with E-state index in [2.05, 4.69) is 27.8 Å². The van der Waals surface area contributed by atoms with Crippen molar-refractivity contribution < 1.29 is 9.59 Å². The molecule has 0 unspecified atom stereocenters. The van der Waals surface area contributed by atoms with E-state index in [9.17, 15) is 9.59 Å². The molecule has 3 aromatic rings. The standard InChI is InChI=1S/C23H28N6O2/c1-13(27-22(31)20(24)17-10-15-5-3-4-6-16(15)11-17)21(30)26-12-14-7-8-18-19(9-14)29(2)23(25)28-18/h3-9,13,17,20H,10-12,24H2,1-2H3,(H2,25,28)(H,26,30)(H,27,31)/t13-,20+/m0/s1. The molecule has 6 N–H and O–H groups in total. The van der Waals surface area contributed by atoms with Crippen molar-refractivity contribution in [2.75, 3.05) is 5.73 Å². The van der Waals surface area contributed by atoms with Gasteiger partial charge in [0.15, 0.2) is 0 Å². The van der Waals surface area contributed by atoms with E-state index in [4.69, 9.17) is 11.5 Å². The minimum atomic E-state index is -0.682. The Kier molecular flexibility index (Phi) is 5.65. The lowest BCUT2D eigenvalue weighted by atomic mass is 9.96. The molecule has 8 heteroatoms. The molecular formula is C23H28N6O2. The molecule has 8 nitrogen and oxygen atoms in total. The molecule has 0 saturated carbocycles. The van der Waals surface area contributed by atoms with Crippen molar-refractivity contribution in [1.82, 2.24) is 20.2 Å². The van der Waals surface area contributed by atoms with Crippen LogP contribution in [0, 0.1) is 5.92 Å². The number of nitrogens with two attached hydrogens (primary N) is 2. The predicted octanol–water partition coefficient (Wildman–Crippen LogP) is 1.02. The van der Waals surface area contributed by atoms with E-state index >= 15 is 0 Å². The zero-order valence-electron chi connectivity index (χ0n) is 17.8. The van der Waals surface area contributed by atoms with Crippen LogP contribution in [0.2, 0.25) is 0 Å². The Balaban J connectivity index is 1.30. The van der Waals surface area contributed by atoms with Gasteiger partial charge in [-0.25, -0.2) is 4.98 Å². The third-order valence-corrected chi connectivity index (χ3v) is 6.09. The summed E-state index contributed by atoms with van der Waals surface area (Å²) in [4.78, 5) is 29.4. The van der Waals surface area contributed by atoms with Crippen molar-refractivity contribution in [2.24, 2.45) is 18.7 Å². The molecule has 0 saturated heterocycles. The Morgan fingerprint density at radius 3 is 2.52 bits per heavy atom. The number of nitrogen functional groups attached to an aromatic ring is 1. The fraction of sp³-hybridized carbons (Fsp3) is 0.348. The van der Waals surface area contributed by atoms with Gasteiger partial charge in [-0.15, -0.1) is 0 Å². The second-order valence-electron chi connectivity index (χ2n) is 8.26. The summed E-state index contributed by atoms with van der Waals surface area (Å²) in [6.45, 7) is 2.00. The number of imidazole rings is 1. The van der Waals surface area contributed by atoms with E-state index in [0.29, 0.717) is 12.5 Å². The first-order valence-electron chi connectivity index (χ1n) is 10.4. The van der Waals surface area contributed by atoms with Crippen molar-refractivity contribution in [1.29, 1.82) is 0 Å². The molecule has 0 fully saturated rings. The number of nitrogens with zero attached hydrogens (tertiary/aromatic N) is 2. The van der Waals surface area contributed by atoms with Crippen molar-refractivity contribution in [3.8, 4) is 0 Å². The summed E-state index contributed by atoms with van der Waals surface area (Å²) in [6.07, 6.45) is 1.57. The van der Waals surface area contributed by atoms with Gasteiger partial charge >= 0.3 is 0 Å². The third kappa shape index (κ3) is 4.25. The SMILES string of the molecule is C[C@H](NC(=O)[C@H](N)C1Cc2ccccc2C1)C(=O)NCc1ccc2nc(N)n(C)c2c1. The lowest BCUT2D eigenvalue weighted by molar-refractivity contribution is -0.129. The molecule has 0 radical (unpaired) electrons. The summed E-state index contributed by atoms with van der Waals surface area (Å²) in [5.41, 5.74) is 17.2. The van der Waals surface area contributed by atoms with Gasteiger partial charge < -0.3 is 26.7 Å². The first kappa shape index (κ1) is 20.9. The Bertz CT molecular complexity index is 1110. The Hall–Kier alpha value is -3.39. The average molecular weight is 421 g/mol. The summed E-state index contributed by atoms with van der Waals surface area (Å²) in [5.74, 6) is -0.0768. The highest BCUT2D eigenvalue weighted by Crippen LogP contribution is 2.28.